The van der Waals surface area contributed by atoms with Gasteiger partial charge in [0, 0.05) is 5.56 Å². The van der Waals surface area contributed by atoms with Crippen molar-refractivity contribution in [2.24, 2.45) is 0 Å². The van der Waals surface area contributed by atoms with Crippen molar-refractivity contribution < 1.29 is 14.9 Å². The lowest BCUT2D eigenvalue weighted by molar-refractivity contribution is 0.106. The van der Waals surface area contributed by atoms with E-state index in [1.54, 1.807) is 24.3 Å². The molecule has 1 unspecified atom stereocenters. The van der Waals surface area contributed by atoms with Crippen LogP contribution in [0.1, 0.15) is 30.6 Å². The van der Waals surface area contributed by atoms with E-state index in [1.165, 1.54) is 5.56 Å². The van der Waals surface area contributed by atoms with Crippen molar-refractivity contribution in [2.75, 3.05) is 6.61 Å². The molecule has 2 N–H and O–H groups in total. The van der Waals surface area contributed by atoms with E-state index in [0.29, 0.717) is 5.56 Å². The predicted octanol–water partition coefficient (Wildman–Crippen LogP) is 3.46. The summed E-state index contributed by atoms with van der Waals surface area (Å²) in [5, 5.41) is 19.7. The van der Waals surface area contributed by atoms with Gasteiger partial charge >= 0.3 is 0 Å². The Kier molecular flexibility index (Phi) is 5.02. The molecule has 0 aromatic heterocycles. The molecule has 0 heterocycles. The molecule has 0 radical (unpaired) electrons. The number of hydrogen-bond acceptors (Lipinski definition) is 3. The Balaban J connectivity index is 1.93. The van der Waals surface area contributed by atoms with Crippen molar-refractivity contribution in [3.63, 3.8) is 0 Å². The fourth-order valence-electron chi connectivity index (χ4n) is 2.08. The summed E-state index contributed by atoms with van der Waals surface area (Å²) >= 11 is 0. The van der Waals surface area contributed by atoms with Crippen molar-refractivity contribution in [1.29, 1.82) is 0 Å². The minimum absolute atomic E-state index is 0.0851. The van der Waals surface area contributed by atoms with Gasteiger partial charge in [0.2, 0.25) is 0 Å². The predicted molar refractivity (Wildman–Crippen MR) is 79.0 cm³/mol. The molecule has 0 aliphatic rings. The number of aromatic hydroxyl groups is 1. The molecule has 3 nitrogen and oxygen atoms in total. The van der Waals surface area contributed by atoms with Crippen molar-refractivity contribution >= 4 is 0 Å². The maximum atomic E-state index is 10.0. The molecule has 2 aromatic rings. The van der Waals surface area contributed by atoms with Gasteiger partial charge in [0.05, 0.1) is 0 Å². The van der Waals surface area contributed by atoms with Crippen LogP contribution in [0.3, 0.4) is 0 Å². The lowest BCUT2D eigenvalue weighted by Gasteiger charge is -2.14. The Morgan fingerprint density at radius 3 is 2.40 bits per heavy atom. The maximum absolute atomic E-state index is 10.0. The molecule has 0 fully saturated rings. The summed E-state index contributed by atoms with van der Waals surface area (Å²) < 4.78 is 5.55. The van der Waals surface area contributed by atoms with Crippen LogP contribution in [0.2, 0.25) is 0 Å². The van der Waals surface area contributed by atoms with Crippen LogP contribution in [0, 0.1) is 0 Å². The van der Waals surface area contributed by atoms with E-state index in [1.807, 2.05) is 24.3 Å². The molecule has 106 valence electrons. The van der Waals surface area contributed by atoms with Gasteiger partial charge < -0.3 is 14.9 Å². The molecular weight excluding hydrogens is 252 g/mol. The van der Waals surface area contributed by atoms with Gasteiger partial charge in [0.25, 0.3) is 0 Å². The van der Waals surface area contributed by atoms with Crippen LogP contribution in [0.15, 0.2) is 48.5 Å². The lowest BCUT2D eigenvalue weighted by Crippen LogP contribution is -2.09. The molecule has 0 aliphatic carbocycles. The van der Waals surface area contributed by atoms with Gasteiger partial charge in [-0.25, -0.2) is 0 Å². The summed E-state index contributed by atoms with van der Waals surface area (Å²) in [5.74, 6) is 0.807. The number of para-hydroxylation sites is 1. The number of aliphatic hydroxyl groups excluding tert-OH is 1. The molecule has 20 heavy (non-hydrogen) atoms. The third-order valence-corrected chi connectivity index (χ3v) is 3.17. The molecular formula is C17H20O3. The SMILES string of the molecule is CCCc1ccc(OCC(O)c2ccccc2O)cc1. The smallest absolute Gasteiger partial charge is 0.121 e. The molecule has 0 spiro atoms. The van der Waals surface area contributed by atoms with Crippen LogP contribution >= 0.6 is 0 Å². The number of phenolic OH excluding ortho intramolecular Hbond substituents is 1. The third kappa shape index (κ3) is 3.75. The molecule has 2 aromatic carbocycles. The Hall–Kier alpha value is -2.00. The van der Waals surface area contributed by atoms with E-state index in [0.717, 1.165) is 18.6 Å². The van der Waals surface area contributed by atoms with E-state index in [4.69, 9.17) is 4.74 Å². The van der Waals surface area contributed by atoms with E-state index in [-0.39, 0.29) is 12.4 Å². The first kappa shape index (κ1) is 14.4. The summed E-state index contributed by atoms with van der Waals surface area (Å²) in [6.45, 7) is 2.26. The lowest BCUT2D eigenvalue weighted by atomic mass is 10.1. The second-order valence-corrected chi connectivity index (χ2v) is 4.78. The van der Waals surface area contributed by atoms with E-state index >= 15 is 0 Å². The van der Waals surface area contributed by atoms with E-state index in [9.17, 15) is 10.2 Å². The van der Waals surface area contributed by atoms with Crippen molar-refractivity contribution in [3.05, 3.63) is 59.7 Å². The Labute approximate surface area is 119 Å². The second kappa shape index (κ2) is 6.96. The molecule has 0 saturated carbocycles. The summed E-state index contributed by atoms with van der Waals surface area (Å²) in [7, 11) is 0. The van der Waals surface area contributed by atoms with Crippen molar-refractivity contribution in [2.45, 2.75) is 25.9 Å². The molecule has 1 atom stereocenters. The normalized spacial score (nSPS) is 12.1. The van der Waals surface area contributed by atoms with Crippen molar-refractivity contribution in [3.8, 4) is 11.5 Å². The van der Waals surface area contributed by atoms with Gasteiger partial charge in [-0.15, -0.1) is 0 Å². The minimum Gasteiger partial charge on any atom is -0.508 e. The van der Waals surface area contributed by atoms with Crippen LogP contribution in [0.4, 0.5) is 0 Å². The van der Waals surface area contributed by atoms with Crippen LogP contribution in [0.25, 0.3) is 0 Å². The first-order valence-electron chi connectivity index (χ1n) is 6.88. The van der Waals surface area contributed by atoms with E-state index < -0.39 is 6.10 Å². The highest BCUT2D eigenvalue weighted by atomic mass is 16.5. The number of aryl methyl sites for hydroxylation is 1. The number of hydrogen-bond donors (Lipinski definition) is 2. The summed E-state index contributed by atoms with van der Waals surface area (Å²) in [6.07, 6.45) is 1.33. The monoisotopic (exact) mass is 272 g/mol. The van der Waals surface area contributed by atoms with Crippen LogP contribution in [-0.4, -0.2) is 16.8 Å². The highest BCUT2D eigenvalue weighted by Gasteiger charge is 2.12. The molecule has 0 bridgehead atoms. The zero-order chi connectivity index (χ0) is 14.4. The Morgan fingerprint density at radius 1 is 1.05 bits per heavy atom. The largest absolute Gasteiger partial charge is 0.508 e. The third-order valence-electron chi connectivity index (χ3n) is 3.17. The molecule has 3 heteroatoms. The fraction of sp³-hybridized carbons (Fsp3) is 0.294. The van der Waals surface area contributed by atoms with Gasteiger partial charge in [0.15, 0.2) is 0 Å². The van der Waals surface area contributed by atoms with Crippen molar-refractivity contribution in [1.82, 2.24) is 0 Å². The summed E-state index contributed by atoms with van der Waals surface area (Å²) in [5.41, 5.74) is 1.76. The van der Waals surface area contributed by atoms with Crippen LogP contribution < -0.4 is 4.74 Å². The van der Waals surface area contributed by atoms with Crippen LogP contribution in [0.5, 0.6) is 11.5 Å². The second-order valence-electron chi connectivity index (χ2n) is 4.78. The highest BCUT2D eigenvalue weighted by molar-refractivity contribution is 5.34. The average Bonchev–Trinajstić information content (AvgIpc) is 2.47. The van der Waals surface area contributed by atoms with Gasteiger partial charge in [-0.1, -0.05) is 43.7 Å². The molecule has 2 rings (SSSR count). The van der Waals surface area contributed by atoms with Gasteiger partial charge in [-0.2, -0.15) is 0 Å². The first-order valence-corrected chi connectivity index (χ1v) is 6.88. The summed E-state index contributed by atoms with van der Waals surface area (Å²) in [6, 6.07) is 14.6. The molecule has 0 saturated heterocycles. The standard InChI is InChI=1S/C17H20O3/c1-2-5-13-8-10-14(11-9-13)20-12-17(19)15-6-3-4-7-16(15)18/h3-4,6-11,17-19H,2,5,12H2,1H3. The highest BCUT2D eigenvalue weighted by Crippen LogP contribution is 2.24. The quantitative estimate of drug-likeness (QED) is 0.846. The summed E-state index contributed by atoms with van der Waals surface area (Å²) in [4.78, 5) is 0. The molecule has 0 amide bonds. The first-order chi connectivity index (χ1) is 9.70. The number of rotatable bonds is 6. The fourth-order valence-corrected chi connectivity index (χ4v) is 2.08. The zero-order valence-corrected chi connectivity index (χ0v) is 11.6. The number of phenols is 1. The maximum Gasteiger partial charge on any atom is 0.121 e. The van der Waals surface area contributed by atoms with Gasteiger partial charge in [-0.3, -0.25) is 0 Å². The Morgan fingerprint density at radius 2 is 1.75 bits per heavy atom. The topological polar surface area (TPSA) is 49.7 Å². The number of benzene rings is 2. The van der Waals surface area contributed by atoms with Crippen LogP contribution in [-0.2, 0) is 6.42 Å². The van der Waals surface area contributed by atoms with Gasteiger partial charge in [0.1, 0.15) is 24.2 Å². The molecule has 0 aliphatic heterocycles. The van der Waals surface area contributed by atoms with E-state index in [2.05, 4.69) is 6.92 Å². The minimum atomic E-state index is -0.841. The Bertz CT molecular complexity index is 534. The average molecular weight is 272 g/mol. The number of ether oxygens (including phenoxy) is 1. The van der Waals surface area contributed by atoms with Gasteiger partial charge in [-0.05, 0) is 30.2 Å². The zero-order valence-electron chi connectivity index (χ0n) is 11.6. The number of aliphatic hydroxyl groups is 1.